The van der Waals surface area contributed by atoms with Crippen molar-refractivity contribution in [3.63, 3.8) is 0 Å². The van der Waals surface area contributed by atoms with E-state index >= 15 is 0 Å². The number of hydrogen-bond acceptors (Lipinski definition) is 4. The molecule has 0 aromatic carbocycles. The van der Waals surface area contributed by atoms with E-state index in [2.05, 4.69) is 11.8 Å². The molecule has 1 rings (SSSR count). The lowest BCUT2D eigenvalue weighted by Gasteiger charge is -2.32. The second-order valence-corrected chi connectivity index (χ2v) is 5.60. The van der Waals surface area contributed by atoms with E-state index < -0.39 is 16.0 Å². The molecule has 0 radical (unpaired) electrons. The van der Waals surface area contributed by atoms with E-state index in [9.17, 15) is 8.42 Å². The van der Waals surface area contributed by atoms with Crippen molar-refractivity contribution in [1.82, 2.24) is 9.21 Å². The lowest BCUT2D eigenvalue weighted by Crippen LogP contribution is -2.48. The van der Waals surface area contributed by atoms with Crippen LogP contribution in [0, 0.1) is 0 Å². The molecule has 1 aliphatic heterocycles. The summed E-state index contributed by atoms with van der Waals surface area (Å²) in [6, 6.07) is 0. The van der Waals surface area contributed by atoms with Crippen LogP contribution in [0.3, 0.4) is 0 Å². The summed E-state index contributed by atoms with van der Waals surface area (Å²) in [7, 11) is -2.95. The van der Waals surface area contributed by atoms with Crippen LogP contribution in [0.4, 0.5) is 0 Å². The molecule has 1 aliphatic rings. The number of carbonyl (C=O) groups is 1. The normalized spacial score (nSPS) is 18.7. The van der Waals surface area contributed by atoms with Crippen LogP contribution >= 0.6 is 0 Å². The fourth-order valence-corrected chi connectivity index (χ4v) is 2.20. The molecule has 0 bridgehead atoms. The van der Waals surface area contributed by atoms with E-state index in [4.69, 9.17) is 9.90 Å². The SMILES string of the molecule is CC(=O)O.CCN1CCN(S(C)(=O)=O)CC1. The molecule has 6 nitrogen and oxygen atoms in total. The van der Waals surface area contributed by atoms with Crippen molar-refractivity contribution < 1.29 is 18.3 Å². The van der Waals surface area contributed by atoms with Crippen LogP contribution in [0.25, 0.3) is 0 Å². The first-order valence-electron chi connectivity index (χ1n) is 5.14. The average Bonchev–Trinajstić information content (AvgIpc) is 2.16. The first-order valence-corrected chi connectivity index (χ1v) is 6.99. The summed E-state index contributed by atoms with van der Waals surface area (Å²) < 4.78 is 23.7. The summed E-state index contributed by atoms with van der Waals surface area (Å²) >= 11 is 0. The smallest absolute Gasteiger partial charge is 0.300 e. The van der Waals surface area contributed by atoms with Crippen molar-refractivity contribution in [2.75, 3.05) is 39.0 Å². The van der Waals surface area contributed by atoms with Gasteiger partial charge in [-0.3, -0.25) is 4.79 Å². The van der Waals surface area contributed by atoms with Gasteiger partial charge in [0.25, 0.3) is 5.97 Å². The van der Waals surface area contributed by atoms with Crippen LogP contribution in [0.5, 0.6) is 0 Å². The van der Waals surface area contributed by atoms with Gasteiger partial charge in [-0.15, -0.1) is 0 Å². The zero-order valence-electron chi connectivity index (χ0n) is 10.0. The van der Waals surface area contributed by atoms with Gasteiger partial charge in [-0.05, 0) is 6.54 Å². The lowest BCUT2D eigenvalue weighted by atomic mass is 10.4. The number of rotatable bonds is 2. The van der Waals surface area contributed by atoms with Gasteiger partial charge in [0.2, 0.25) is 10.0 Å². The van der Waals surface area contributed by atoms with Gasteiger partial charge < -0.3 is 10.0 Å². The summed E-state index contributed by atoms with van der Waals surface area (Å²) in [5, 5.41) is 7.42. The second-order valence-electron chi connectivity index (χ2n) is 3.62. The highest BCUT2D eigenvalue weighted by atomic mass is 32.2. The van der Waals surface area contributed by atoms with Gasteiger partial charge in [0, 0.05) is 33.1 Å². The molecule has 0 unspecified atom stereocenters. The highest BCUT2D eigenvalue weighted by molar-refractivity contribution is 7.88. The van der Waals surface area contributed by atoms with Crippen LogP contribution < -0.4 is 0 Å². The molecule has 0 aromatic heterocycles. The Morgan fingerprint density at radius 2 is 1.62 bits per heavy atom. The highest BCUT2D eigenvalue weighted by Crippen LogP contribution is 2.04. The van der Waals surface area contributed by atoms with Crippen molar-refractivity contribution in [2.24, 2.45) is 0 Å². The molecule has 0 aliphatic carbocycles. The van der Waals surface area contributed by atoms with Gasteiger partial charge in [0.15, 0.2) is 0 Å². The molecule has 0 spiro atoms. The monoisotopic (exact) mass is 252 g/mol. The topological polar surface area (TPSA) is 77.9 Å². The Bertz CT molecular complexity index is 303. The summed E-state index contributed by atoms with van der Waals surface area (Å²) in [4.78, 5) is 11.3. The molecule has 1 saturated heterocycles. The summed E-state index contributed by atoms with van der Waals surface area (Å²) in [5.74, 6) is -0.833. The molecule has 0 saturated carbocycles. The minimum absolute atomic E-state index is 0.646. The van der Waals surface area contributed by atoms with Crippen LogP contribution in [0.2, 0.25) is 0 Å². The maximum absolute atomic E-state index is 11.1. The van der Waals surface area contributed by atoms with E-state index in [-0.39, 0.29) is 0 Å². The molecule has 1 N–H and O–H groups in total. The lowest BCUT2D eigenvalue weighted by molar-refractivity contribution is -0.134. The quantitative estimate of drug-likeness (QED) is 0.728. The van der Waals surface area contributed by atoms with Crippen molar-refractivity contribution in [1.29, 1.82) is 0 Å². The molecule has 16 heavy (non-hydrogen) atoms. The average molecular weight is 252 g/mol. The molecule has 1 fully saturated rings. The third-order valence-corrected chi connectivity index (χ3v) is 3.55. The summed E-state index contributed by atoms with van der Waals surface area (Å²) in [6.45, 7) is 7.21. The molecule has 96 valence electrons. The number of nitrogens with zero attached hydrogens (tertiary/aromatic N) is 2. The van der Waals surface area contributed by atoms with E-state index in [1.165, 1.54) is 6.26 Å². The van der Waals surface area contributed by atoms with Crippen LogP contribution in [-0.4, -0.2) is 67.7 Å². The fraction of sp³-hybridized carbons (Fsp3) is 0.889. The van der Waals surface area contributed by atoms with Gasteiger partial charge in [0.1, 0.15) is 0 Å². The fourth-order valence-electron chi connectivity index (χ4n) is 1.38. The molecular weight excluding hydrogens is 232 g/mol. The molecule has 0 aromatic rings. The Morgan fingerprint density at radius 3 is 1.88 bits per heavy atom. The van der Waals surface area contributed by atoms with E-state index in [1.54, 1.807) is 4.31 Å². The largest absolute Gasteiger partial charge is 0.481 e. The number of carboxylic acid groups (broad SMARTS) is 1. The van der Waals surface area contributed by atoms with Gasteiger partial charge >= 0.3 is 0 Å². The number of aliphatic carboxylic acids is 1. The van der Waals surface area contributed by atoms with Gasteiger partial charge in [-0.1, -0.05) is 6.92 Å². The van der Waals surface area contributed by atoms with Crippen molar-refractivity contribution in [3.8, 4) is 0 Å². The van der Waals surface area contributed by atoms with E-state index in [0.29, 0.717) is 13.1 Å². The van der Waals surface area contributed by atoms with Crippen LogP contribution in [0.15, 0.2) is 0 Å². The highest BCUT2D eigenvalue weighted by Gasteiger charge is 2.21. The number of hydrogen-bond donors (Lipinski definition) is 1. The Labute approximate surface area is 96.9 Å². The van der Waals surface area contributed by atoms with Gasteiger partial charge in [-0.2, -0.15) is 4.31 Å². The van der Waals surface area contributed by atoms with E-state index in [1.807, 2.05) is 0 Å². The first-order chi connectivity index (χ1) is 7.27. The Kier molecular flexibility index (Phi) is 6.54. The van der Waals surface area contributed by atoms with Crippen LogP contribution in [0.1, 0.15) is 13.8 Å². The maximum Gasteiger partial charge on any atom is 0.300 e. The van der Waals surface area contributed by atoms with Crippen molar-refractivity contribution in [2.45, 2.75) is 13.8 Å². The van der Waals surface area contributed by atoms with Gasteiger partial charge in [-0.25, -0.2) is 8.42 Å². The zero-order valence-corrected chi connectivity index (χ0v) is 10.8. The van der Waals surface area contributed by atoms with Gasteiger partial charge in [0.05, 0.1) is 6.26 Å². The standard InChI is InChI=1S/C7H16N2O2S.C2H4O2/c1-3-8-4-6-9(7-5-8)12(2,10)11;1-2(3)4/h3-7H2,1-2H3;1H3,(H,3,4). The van der Waals surface area contributed by atoms with Crippen molar-refractivity contribution in [3.05, 3.63) is 0 Å². The minimum Gasteiger partial charge on any atom is -0.481 e. The first kappa shape index (κ1) is 15.3. The maximum atomic E-state index is 11.1. The Hall–Kier alpha value is -0.660. The molecular formula is C9H20N2O4S. The summed E-state index contributed by atoms with van der Waals surface area (Å²) in [6.07, 6.45) is 1.27. The zero-order chi connectivity index (χ0) is 12.8. The predicted molar refractivity (Wildman–Crippen MR) is 61.8 cm³/mol. The van der Waals surface area contributed by atoms with E-state index in [0.717, 1.165) is 26.6 Å². The molecule has 7 heteroatoms. The molecule has 0 amide bonds. The summed E-state index contributed by atoms with van der Waals surface area (Å²) in [5.41, 5.74) is 0. The Morgan fingerprint density at radius 1 is 1.25 bits per heavy atom. The Balaban J connectivity index is 0.000000487. The number of sulfonamides is 1. The van der Waals surface area contributed by atoms with Crippen molar-refractivity contribution >= 4 is 16.0 Å². The molecule has 0 atom stereocenters. The number of piperazine rings is 1. The third-order valence-electron chi connectivity index (χ3n) is 2.25. The molecule has 1 heterocycles. The number of carboxylic acids is 1. The predicted octanol–water partition coefficient (Wildman–Crippen LogP) is -0.326. The second kappa shape index (κ2) is 6.82. The third kappa shape index (κ3) is 6.76. The van der Waals surface area contributed by atoms with Crippen LogP contribution in [-0.2, 0) is 14.8 Å². The minimum atomic E-state index is -2.95. The number of likely N-dealkylation sites (N-methyl/N-ethyl adjacent to an activating group) is 1.